The minimum Gasteiger partial charge on any atom is -0.478 e. The molecule has 1 saturated carbocycles. The van der Waals surface area contributed by atoms with Crippen LogP contribution in [0.1, 0.15) is 42.1 Å². The van der Waals surface area contributed by atoms with Crippen molar-refractivity contribution in [3.05, 3.63) is 29.3 Å². The van der Waals surface area contributed by atoms with Gasteiger partial charge in [0.25, 0.3) is 0 Å². The molecule has 0 aromatic heterocycles. The van der Waals surface area contributed by atoms with Crippen molar-refractivity contribution in [1.29, 1.82) is 0 Å². The Bertz CT molecular complexity index is 514. The van der Waals surface area contributed by atoms with Gasteiger partial charge in [0.2, 0.25) is 0 Å². The Morgan fingerprint density at radius 2 is 2.05 bits per heavy atom. The summed E-state index contributed by atoms with van der Waals surface area (Å²) < 4.78 is 38.2. The third-order valence-corrected chi connectivity index (χ3v) is 3.77. The van der Waals surface area contributed by atoms with Crippen LogP contribution in [0, 0.1) is 5.92 Å². The smallest absolute Gasteiger partial charge is 0.417 e. The van der Waals surface area contributed by atoms with E-state index in [-0.39, 0.29) is 6.04 Å². The van der Waals surface area contributed by atoms with E-state index in [0.29, 0.717) is 11.6 Å². The topological polar surface area (TPSA) is 49.3 Å². The van der Waals surface area contributed by atoms with Gasteiger partial charge in [-0.15, -0.1) is 0 Å². The molecule has 20 heavy (non-hydrogen) atoms. The lowest BCUT2D eigenvalue weighted by Crippen LogP contribution is -2.22. The van der Waals surface area contributed by atoms with E-state index < -0.39 is 23.3 Å². The highest BCUT2D eigenvalue weighted by molar-refractivity contribution is 5.91. The largest absolute Gasteiger partial charge is 0.478 e. The summed E-state index contributed by atoms with van der Waals surface area (Å²) in [7, 11) is 0. The molecule has 1 aromatic rings. The molecule has 0 radical (unpaired) electrons. The Kier molecular flexibility index (Phi) is 3.92. The molecule has 2 unspecified atom stereocenters. The highest BCUT2D eigenvalue weighted by Crippen LogP contribution is 2.34. The van der Waals surface area contributed by atoms with E-state index in [9.17, 15) is 18.0 Å². The first-order valence-electron chi connectivity index (χ1n) is 6.50. The molecule has 0 aliphatic heterocycles. The number of hydrogen-bond donors (Lipinski definition) is 2. The molecule has 0 amide bonds. The Morgan fingerprint density at radius 1 is 1.35 bits per heavy atom. The van der Waals surface area contributed by atoms with E-state index in [1.807, 2.05) is 0 Å². The van der Waals surface area contributed by atoms with Crippen LogP contribution in [0.15, 0.2) is 18.2 Å². The monoisotopic (exact) mass is 287 g/mol. The number of halogens is 3. The maximum absolute atomic E-state index is 12.7. The Balaban J connectivity index is 2.28. The summed E-state index contributed by atoms with van der Waals surface area (Å²) in [5, 5.41) is 12.1. The van der Waals surface area contributed by atoms with E-state index in [1.165, 1.54) is 6.07 Å². The zero-order valence-electron chi connectivity index (χ0n) is 11.0. The molecule has 0 spiro atoms. The van der Waals surface area contributed by atoms with Gasteiger partial charge in [0, 0.05) is 11.7 Å². The summed E-state index contributed by atoms with van der Waals surface area (Å²) in [5.74, 6) is -1.13. The summed E-state index contributed by atoms with van der Waals surface area (Å²) in [5.41, 5.74) is -1.41. The van der Waals surface area contributed by atoms with E-state index in [0.717, 1.165) is 31.4 Å². The number of nitrogens with one attached hydrogen (secondary N) is 1. The molecule has 0 heterocycles. The van der Waals surface area contributed by atoms with Gasteiger partial charge in [-0.2, -0.15) is 13.2 Å². The SMILES string of the molecule is CC1CCCC1Nc1ccc(C(F)(F)F)c(C(=O)O)c1. The molecule has 1 aliphatic rings. The number of rotatable bonds is 3. The van der Waals surface area contributed by atoms with Crippen LogP contribution < -0.4 is 5.32 Å². The molecule has 6 heteroatoms. The predicted molar refractivity (Wildman–Crippen MR) is 68.8 cm³/mol. The van der Waals surface area contributed by atoms with Crippen molar-refractivity contribution in [2.45, 2.75) is 38.4 Å². The standard InChI is InChI=1S/C14H16F3NO2/c1-8-3-2-4-12(8)18-9-5-6-11(14(15,16)17)10(7-9)13(19)20/h5-8,12,18H,2-4H2,1H3,(H,19,20). The summed E-state index contributed by atoms with van der Waals surface area (Å²) in [6.45, 7) is 2.08. The summed E-state index contributed by atoms with van der Waals surface area (Å²) >= 11 is 0. The molecule has 0 saturated heterocycles. The normalized spacial score (nSPS) is 22.8. The maximum atomic E-state index is 12.7. The molecule has 0 bridgehead atoms. The lowest BCUT2D eigenvalue weighted by Gasteiger charge is -2.20. The first-order chi connectivity index (χ1) is 9.29. The van der Waals surface area contributed by atoms with Gasteiger partial charge in [-0.3, -0.25) is 0 Å². The molecule has 1 aliphatic carbocycles. The molecular weight excluding hydrogens is 271 g/mol. The van der Waals surface area contributed by atoms with Crippen molar-refractivity contribution in [2.75, 3.05) is 5.32 Å². The molecular formula is C14H16F3NO2. The Labute approximate surface area is 114 Å². The van der Waals surface area contributed by atoms with Crippen LogP contribution in [-0.4, -0.2) is 17.1 Å². The fourth-order valence-corrected chi connectivity index (χ4v) is 2.63. The highest BCUT2D eigenvalue weighted by atomic mass is 19.4. The van der Waals surface area contributed by atoms with Crippen molar-refractivity contribution in [3.63, 3.8) is 0 Å². The second-order valence-electron chi connectivity index (χ2n) is 5.22. The van der Waals surface area contributed by atoms with E-state index in [2.05, 4.69) is 12.2 Å². The molecule has 2 N–H and O–H groups in total. The first kappa shape index (κ1) is 14.7. The van der Waals surface area contributed by atoms with Gasteiger partial charge in [0.05, 0.1) is 11.1 Å². The van der Waals surface area contributed by atoms with Crippen LogP contribution in [0.5, 0.6) is 0 Å². The first-order valence-corrected chi connectivity index (χ1v) is 6.50. The van der Waals surface area contributed by atoms with Crippen molar-refractivity contribution >= 4 is 11.7 Å². The second-order valence-corrected chi connectivity index (χ2v) is 5.22. The van der Waals surface area contributed by atoms with Crippen LogP contribution in [0.2, 0.25) is 0 Å². The maximum Gasteiger partial charge on any atom is 0.417 e. The number of anilines is 1. The number of carbonyl (C=O) groups is 1. The fraction of sp³-hybridized carbons (Fsp3) is 0.500. The Hall–Kier alpha value is -1.72. The van der Waals surface area contributed by atoms with Gasteiger partial charge in [-0.1, -0.05) is 13.3 Å². The van der Waals surface area contributed by atoms with Gasteiger partial charge in [-0.05, 0) is 37.0 Å². The zero-order valence-corrected chi connectivity index (χ0v) is 11.0. The average Bonchev–Trinajstić information content (AvgIpc) is 2.73. The molecule has 1 aromatic carbocycles. The van der Waals surface area contributed by atoms with Crippen LogP contribution in [0.25, 0.3) is 0 Å². The summed E-state index contributed by atoms with van der Waals surface area (Å²) in [6.07, 6.45) is -1.56. The number of carboxylic acids is 1. The Morgan fingerprint density at radius 3 is 2.55 bits per heavy atom. The minimum absolute atomic E-state index is 0.188. The summed E-state index contributed by atoms with van der Waals surface area (Å²) in [4.78, 5) is 11.0. The minimum atomic E-state index is -4.66. The fourth-order valence-electron chi connectivity index (χ4n) is 2.63. The van der Waals surface area contributed by atoms with E-state index in [4.69, 9.17) is 5.11 Å². The van der Waals surface area contributed by atoms with Gasteiger partial charge >= 0.3 is 12.1 Å². The molecule has 2 rings (SSSR count). The quantitative estimate of drug-likeness (QED) is 0.883. The zero-order chi connectivity index (χ0) is 14.9. The summed E-state index contributed by atoms with van der Waals surface area (Å²) in [6, 6.07) is 3.37. The average molecular weight is 287 g/mol. The number of alkyl halides is 3. The molecule has 110 valence electrons. The van der Waals surface area contributed by atoms with E-state index >= 15 is 0 Å². The number of benzene rings is 1. The van der Waals surface area contributed by atoms with Crippen LogP contribution in [0.4, 0.5) is 18.9 Å². The van der Waals surface area contributed by atoms with Crippen LogP contribution >= 0.6 is 0 Å². The van der Waals surface area contributed by atoms with Gasteiger partial charge in [0.15, 0.2) is 0 Å². The molecule has 3 nitrogen and oxygen atoms in total. The number of carboxylic acid groups (broad SMARTS) is 1. The van der Waals surface area contributed by atoms with Gasteiger partial charge in [0.1, 0.15) is 0 Å². The second kappa shape index (κ2) is 5.34. The van der Waals surface area contributed by atoms with Gasteiger partial charge in [-0.25, -0.2) is 4.79 Å². The van der Waals surface area contributed by atoms with Crippen molar-refractivity contribution < 1.29 is 23.1 Å². The van der Waals surface area contributed by atoms with E-state index in [1.54, 1.807) is 0 Å². The van der Waals surface area contributed by atoms with Crippen molar-refractivity contribution in [3.8, 4) is 0 Å². The lowest BCUT2D eigenvalue weighted by atomic mass is 10.0. The number of aromatic carboxylic acids is 1. The van der Waals surface area contributed by atoms with Gasteiger partial charge < -0.3 is 10.4 Å². The third-order valence-electron chi connectivity index (χ3n) is 3.77. The third kappa shape index (κ3) is 3.05. The van der Waals surface area contributed by atoms with Crippen molar-refractivity contribution in [1.82, 2.24) is 0 Å². The molecule has 1 fully saturated rings. The van der Waals surface area contributed by atoms with Crippen LogP contribution in [0.3, 0.4) is 0 Å². The number of hydrogen-bond acceptors (Lipinski definition) is 2. The van der Waals surface area contributed by atoms with Crippen LogP contribution in [-0.2, 0) is 6.18 Å². The predicted octanol–water partition coefficient (Wildman–Crippen LogP) is 4.00. The highest BCUT2D eigenvalue weighted by Gasteiger charge is 2.35. The molecule has 2 atom stereocenters. The lowest BCUT2D eigenvalue weighted by molar-refractivity contribution is -0.138. The van der Waals surface area contributed by atoms with Crippen molar-refractivity contribution in [2.24, 2.45) is 5.92 Å².